The summed E-state index contributed by atoms with van der Waals surface area (Å²) in [7, 11) is 0. The lowest BCUT2D eigenvalue weighted by Crippen LogP contribution is -2.39. The van der Waals surface area contributed by atoms with Crippen LogP contribution in [0.3, 0.4) is 0 Å². The number of nitrogens with zero attached hydrogens (tertiary/aromatic N) is 2. The van der Waals surface area contributed by atoms with Gasteiger partial charge in [0.05, 0.1) is 5.69 Å². The van der Waals surface area contributed by atoms with E-state index in [2.05, 4.69) is 0 Å². The quantitative estimate of drug-likeness (QED) is 0.793. The van der Waals surface area contributed by atoms with Crippen molar-refractivity contribution in [3.63, 3.8) is 0 Å². The third kappa shape index (κ3) is 2.04. The van der Waals surface area contributed by atoms with Gasteiger partial charge in [-0.1, -0.05) is 0 Å². The Bertz CT molecular complexity index is 600. The van der Waals surface area contributed by atoms with Crippen molar-refractivity contribution < 1.29 is 9.59 Å². The first-order valence-electron chi connectivity index (χ1n) is 7.99. The molecule has 0 N–H and O–H groups in total. The molecule has 0 atom stereocenters. The number of likely N-dealkylation sites (tertiary alicyclic amines) is 1. The summed E-state index contributed by atoms with van der Waals surface area (Å²) in [5.41, 5.74) is 4.31. The van der Waals surface area contributed by atoms with Gasteiger partial charge >= 0.3 is 0 Å². The molecule has 0 aromatic heterocycles. The molecule has 4 rings (SSSR count). The Kier molecular flexibility index (Phi) is 2.98. The van der Waals surface area contributed by atoms with Crippen molar-refractivity contribution in [2.45, 2.75) is 38.5 Å². The van der Waals surface area contributed by atoms with E-state index in [0.29, 0.717) is 6.42 Å². The molecule has 3 heterocycles. The highest BCUT2D eigenvalue weighted by Gasteiger charge is 2.31. The lowest BCUT2D eigenvalue weighted by Gasteiger charge is -2.35. The van der Waals surface area contributed by atoms with Gasteiger partial charge in [0.15, 0.2) is 0 Å². The maximum Gasteiger partial charge on any atom is 0.253 e. The van der Waals surface area contributed by atoms with Crippen molar-refractivity contribution in [2.75, 3.05) is 24.5 Å². The van der Waals surface area contributed by atoms with Gasteiger partial charge in [0.1, 0.15) is 0 Å². The van der Waals surface area contributed by atoms with Gasteiger partial charge in [0, 0.05) is 31.6 Å². The van der Waals surface area contributed by atoms with Crippen molar-refractivity contribution >= 4 is 17.5 Å². The van der Waals surface area contributed by atoms with Crippen LogP contribution in [0, 0.1) is 0 Å². The third-order valence-corrected chi connectivity index (χ3v) is 4.92. The fourth-order valence-corrected chi connectivity index (χ4v) is 3.88. The minimum absolute atomic E-state index is 0.167. The molecule has 0 bridgehead atoms. The molecule has 110 valence electrons. The standard InChI is InChI=1S/C17H20N2O2/c20-15-6-5-13-11-14(17(21)18-7-1-2-8-18)10-12-4-3-9-19(15)16(12)13/h10-11H,1-9H2. The number of amides is 2. The fraction of sp³-hybridized carbons (Fsp3) is 0.529. The first-order chi connectivity index (χ1) is 10.2. The number of hydrogen-bond donors (Lipinski definition) is 0. The SMILES string of the molecule is O=C(c1cc2c3c(c1)CCC(=O)N3CCC2)N1CCCC1. The van der Waals surface area contributed by atoms with E-state index < -0.39 is 0 Å². The van der Waals surface area contributed by atoms with E-state index in [1.807, 2.05) is 21.9 Å². The number of aryl methyl sites for hydroxylation is 2. The molecular weight excluding hydrogens is 264 g/mol. The zero-order valence-electron chi connectivity index (χ0n) is 12.2. The predicted molar refractivity (Wildman–Crippen MR) is 80.6 cm³/mol. The van der Waals surface area contributed by atoms with Crippen molar-refractivity contribution in [1.82, 2.24) is 4.90 Å². The number of rotatable bonds is 1. The maximum atomic E-state index is 12.6. The molecule has 3 aliphatic rings. The molecule has 1 aromatic rings. The average Bonchev–Trinajstić information content (AvgIpc) is 3.04. The second-order valence-electron chi connectivity index (χ2n) is 6.29. The molecule has 0 radical (unpaired) electrons. The van der Waals surface area contributed by atoms with Gasteiger partial charge in [-0.05, 0) is 55.4 Å². The van der Waals surface area contributed by atoms with Gasteiger partial charge in [-0.15, -0.1) is 0 Å². The van der Waals surface area contributed by atoms with Crippen LogP contribution in [-0.2, 0) is 17.6 Å². The topological polar surface area (TPSA) is 40.6 Å². The van der Waals surface area contributed by atoms with E-state index in [1.165, 1.54) is 11.1 Å². The van der Waals surface area contributed by atoms with Gasteiger partial charge in [-0.2, -0.15) is 0 Å². The second kappa shape index (κ2) is 4.86. The summed E-state index contributed by atoms with van der Waals surface area (Å²) in [4.78, 5) is 28.6. The summed E-state index contributed by atoms with van der Waals surface area (Å²) in [6.07, 6.45) is 5.57. The van der Waals surface area contributed by atoms with Crippen LogP contribution in [0.1, 0.15) is 47.2 Å². The van der Waals surface area contributed by atoms with Gasteiger partial charge < -0.3 is 9.80 Å². The zero-order chi connectivity index (χ0) is 14.4. The molecule has 0 unspecified atom stereocenters. The van der Waals surface area contributed by atoms with Crippen molar-refractivity contribution in [3.8, 4) is 0 Å². The maximum absolute atomic E-state index is 12.6. The Labute approximate surface area is 124 Å². The molecule has 0 spiro atoms. The van der Waals surface area contributed by atoms with E-state index in [9.17, 15) is 9.59 Å². The highest BCUT2D eigenvalue weighted by molar-refractivity contribution is 6.00. The van der Waals surface area contributed by atoms with Crippen LogP contribution in [0.25, 0.3) is 0 Å². The summed E-state index contributed by atoms with van der Waals surface area (Å²) >= 11 is 0. The number of anilines is 1. The largest absolute Gasteiger partial charge is 0.339 e. The van der Waals surface area contributed by atoms with Crippen LogP contribution in [0.4, 0.5) is 5.69 Å². The van der Waals surface area contributed by atoms with E-state index in [-0.39, 0.29) is 11.8 Å². The minimum atomic E-state index is 0.167. The van der Waals surface area contributed by atoms with E-state index >= 15 is 0 Å². The van der Waals surface area contributed by atoms with Crippen LogP contribution in [0.5, 0.6) is 0 Å². The zero-order valence-corrected chi connectivity index (χ0v) is 12.2. The molecule has 2 amide bonds. The van der Waals surface area contributed by atoms with Gasteiger partial charge in [0.25, 0.3) is 5.91 Å². The average molecular weight is 284 g/mol. The Balaban J connectivity index is 1.75. The third-order valence-electron chi connectivity index (χ3n) is 4.92. The number of benzene rings is 1. The molecule has 1 fully saturated rings. The van der Waals surface area contributed by atoms with Gasteiger partial charge in [0.2, 0.25) is 5.91 Å². The summed E-state index contributed by atoms with van der Waals surface area (Å²) in [6, 6.07) is 4.06. The van der Waals surface area contributed by atoms with Crippen molar-refractivity contribution in [1.29, 1.82) is 0 Å². The summed E-state index contributed by atoms with van der Waals surface area (Å²) in [6.45, 7) is 2.60. The highest BCUT2D eigenvalue weighted by Crippen LogP contribution is 2.37. The Morgan fingerprint density at radius 1 is 0.905 bits per heavy atom. The molecular formula is C17H20N2O2. The molecule has 1 saturated heterocycles. The smallest absolute Gasteiger partial charge is 0.253 e. The summed E-state index contributed by atoms with van der Waals surface area (Å²) in [5.74, 6) is 0.405. The van der Waals surface area contributed by atoms with Crippen LogP contribution < -0.4 is 4.90 Å². The fourth-order valence-electron chi connectivity index (χ4n) is 3.88. The number of carbonyl (C=O) groups is 2. The van der Waals surface area contributed by atoms with Crippen LogP contribution in [-0.4, -0.2) is 36.3 Å². The second-order valence-corrected chi connectivity index (χ2v) is 6.29. The molecule has 3 aliphatic heterocycles. The lowest BCUT2D eigenvalue weighted by molar-refractivity contribution is -0.119. The normalized spacial score (nSPS) is 20.7. The monoisotopic (exact) mass is 284 g/mol. The molecule has 4 nitrogen and oxygen atoms in total. The summed E-state index contributed by atoms with van der Waals surface area (Å²) in [5, 5.41) is 0. The van der Waals surface area contributed by atoms with Crippen LogP contribution in [0.2, 0.25) is 0 Å². The Morgan fingerprint density at radius 2 is 1.62 bits per heavy atom. The van der Waals surface area contributed by atoms with Crippen LogP contribution >= 0.6 is 0 Å². The molecule has 4 heteroatoms. The first-order valence-corrected chi connectivity index (χ1v) is 7.99. The number of carbonyl (C=O) groups excluding carboxylic acids is 2. The van der Waals surface area contributed by atoms with Crippen LogP contribution in [0.15, 0.2) is 12.1 Å². The van der Waals surface area contributed by atoms with Crippen molar-refractivity contribution in [3.05, 3.63) is 28.8 Å². The molecule has 21 heavy (non-hydrogen) atoms. The molecule has 1 aromatic carbocycles. The van der Waals surface area contributed by atoms with E-state index in [4.69, 9.17) is 0 Å². The summed E-state index contributed by atoms with van der Waals surface area (Å²) < 4.78 is 0. The number of hydrogen-bond acceptors (Lipinski definition) is 2. The first kappa shape index (κ1) is 12.9. The Morgan fingerprint density at radius 3 is 2.38 bits per heavy atom. The molecule has 0 saturated carbocycles. The van der Waals surface area contributed by atoms with E-state index in [0.717, 1.165) is 63.0 Å². The molecule has 0 aliphatic carbocycles. The van der Waals surface area contributed by atoms with Gasteiger partial charge in [-0.25, -0.2) is 0 Å². The predicted octanol–water partition coefficient (Wildman–Crippen LogP) is 2.15. The van der Waals surface area contributed by atoms with E-state index in [1.54, 1.807) is 0 Å². The van der Waals surface area contributed by atoms with Gasteiger partial charge in [-0.3, -0.25) is 9.59 Å². The van der Waals surface area contributed by atoms with Crippen molar-refractivity contribution in [2.24, 2.45) is 0 Å². The minimum Gasteiger partial charge on any atom is -0.339 e. The Hall–Kier alpha value is -1.84. The highest BCUT2D eigenvalue weighted by atomic mass is 16.2. The lowest BCUT2D eigenvalue weighted by atomic mass is 9.89.